The summed E-state index contributed by atoms with van der Waals surface area (Å²) in [6.07, 6.45) is 8.10. The normalized spacial score (nSPS) is 38.4. The van der Waals surface area contributed by atoms with Gasteiger partial charge in [0.1, 0.15) is 0 Å². The molecule has 110 valence electrons. The molecule has 4 saturated carbocycles. The quantitative estimate of drug-likeness (QED) is 0.838. The van der Waals surface area contributed by atoms with Crippen LogP contribution in [0, 0.1) is 17.8 Å². The molecule has 0 unspecified atom stereocenters. The smallest absolute Gasteiger partial charge is 0.315 e. The minimum Gasteiger partial charge on any atom is -0.408 e. The molecule has 1 heterocycles. The number of rotatable bonds is 5. The largest absolute Gasteiger partial charge is 0.408 e. The minimum atomic E-state index is 0.197. The predicted octanol–water partition coefficient (Wildman–Crippen LogP) is 2.60. The van der Waals surface area contributed by atoms with Crippen molar-refractivity contribution in [3.8, 4) is 0 Å². The van der Waals surface area contributed by atoms with E-state index in [0.29, 0.717) is 19.2 Å². The number of nitrogens with zero attached hydrogens (tertiary/aromatic N) is 2. The highest BCUT2D eigenvalue weighted by molar-refractivity contribution is 5.21. The maximum absolute atomic E-state index is 5.93. The van der Waals surface area contributed by atoms with Crippen molar-refractivity contribution in [3.05, 3.63) is 5.89 Å². The molecule has 1 aromatic rings. The first-order chi connectivity index (χ1) is 9.77. The molecule has 0 atom stereocenters. The van der Waals surface area contributed by atoms with Gasteiger partial charge in [0.25, 0.3) is 0 Å². The number of methoxy groups -OCH3 is 1. The van der Waals surface area contributed by atoms with Crippen molar-refractivity contribution in [3.63, 3.8) is 0 Å². The molecule has 5 rings (SSSR count). The average Bonchev–Trinajstić information content (AvgIpc) is 2.87. The summed E-state index contributed by atoms with van der Waals surface area (Å²) in [5.74, 6) is 3.59. The van der Waals surface area contributed by atoms with E-state index in [1.807, 2.05) is 0 Å². The molecule has 0 radical (unpaired) electrons. The van der Waals surface area contributed by atoms with Gasteiger partial charge in [-0.2, -0.15) is 0 Å². The second kappa shape index (κ2) is 4.72. The Bertz CT molecular complexity index is 450. The van der Waals surface area contributed by atoms with Gasteiger partial charge in [-0.15, -0.1) is 5.10 Å². The molecule has 0 aliphatic heterocycles. The molecule has 4 bridgehead atoms. The van der Waals surface area contributed by atoms with Crippen LogP contribution in [0.5, 0.6) is 0 Å². The third-order valence-electron chi connectivity index (χ3n) is 5.50. The van der Waals surface area contributed by atoms with Gasteiger partial charge in [0, 0.05) is 19.1 Å². The van der Waals surface area contributed by atoms with Crippen LogP contribution in [0.25, 0.3) is 0 Å². The summed E-state index contributed by atoms with van der Waals surface area (Å²) in [5, 5.41) is 11.7. The Morgan fingerprint density at radius 2 is 1.80 bits per heavy atom. The van der Waals surface area contributed by atoms with Crippen LogP contribution >= 0.6 is 0 Å². The van der Waals surface area contributed by atoms with Crippen LogP contribution in [0.3, 0.4) is 0 Å². The van der Waals surface area contributed by atoms with Gasteiger partial charge in [-0.1, -0.05) is 5.10 Å². The van der Waals surface area contributed by atoms with Crippen molar-refractivity contribution in [2.24, 2.45) is 17.8 Å². The lowest BCUT2D eigenvalue weighted by Gasteiger charge is -2.55. The number of hydrogen-bond acceptors (Lipinski definition) is 5. The number of ether oxygens (including phenoxy) is 1. The van der Waals surface area contributed by atoms with E-state index in [4.69, 9.17) is 9.15 Å². The monoisotopic (exact) mass is 277 g/mol. The van der Waals surface area contributed by atoms with Gasteiger partial charge < -0.3 is 14.5 Å². The second-order valence-electron chi connectivity index (χ2n) is 7.03. The van der Waals surface area contributed by atoms with Crippen LogP contribution in [-0.4, -0.2) is 30.5 Å². The van der Waals surface area contributed by atoms with Crippen molar-refractivity contribution in [2.45, 2.75) is 43.9 Å². The minimum absolute atomic E-state index is 0.197. The first-order valence-corrected chi connectivity index (χ1v) is 7.84. The molecule has 4 aliphatic rings. The maximum Gasteiger partial charge on any atom is 0.315 e. The molecule has 0 spiro atoms. The van der Waals surface area contributed by atoms with Gasteiger partial charge >= 0.3 is 6.01 Å². The summed E-state index contributed by atoms with van der Waals surface area (Å²) in [5.41, 5.74) is 0.197. The highest BCUT2D eigenvalue weighted by Gasteiger charge is 2.54. The first kappa shape index (κ1) is 12.6. The lowest BCUT2D eigenvalue weighted by molar-refractivity contribution is -0.0175. The Morgan fingerprint density at radius 1 is 1.15 bits per heavy atom. The average molecular weight is 277 g/mol. The summed E-state index contributed by atoms with van der Waals surface area (Å²) in [6, 6.07) is 0.549. The van der Waals surface area contributed by atoms with E-state index in [1.165, 1.54) is 38.5 Å². The third kappa shape index (κ3) is 2.03. The van der Waals surface area contributed by atoms with Crippen molar-refractivity contribution >= 4 is 6.01 Å². The fourth-order valence-electron chi connectivity index (χ4n) is 5.14. The van der Waals surface area contributed by atoms with Crippen LogP contribution < -0.4 is 5.32 Å². The highest BCUT2D eigenvalue weighted by atomic mass is 16.5. The molecule has 5 heteroatoms. The molecule has 5 nitrogen and oxygen atoms in total. The molecule has 4 fully saturated rings. The van der Waals surface area contributed by atoms with Crippen LogP contribution in [0.15, 0.2) is 4.42 Å². The summed E-state index contributed by atoms with van der Waals surface area (Å²) >= 11 is 0. The van der Waals surface area contributed by atoms with Crippen molar-refractivity contribution in [1.29, 1.82) is 0 Å². The molecule has 4 aliphatic carbocycles. The Labute approximate surface area is 119 Å². The van der Waals surface area contributed by atoms with Crippen LogP contribution in [-0.2, 0) is 10.2 Å². The molecule has 0 aromatic carbocycles. The molecular weight excluding hydrogens is 254 g/mol. The first-order valence-electron chi connectivity index (χ1n) is 7.84. The number of nitrogens with one attached hydrogen (secondary N) is 1. The lowest BCUT2D eigenvalue weighted by Crippen LogP contribution is -2.48. The molecule has 1 N–H and O–H groups in total. The van der Waals surface area contributed by atoms with Crippen molar-refractivity contribution in [1.82, 2.24) is 10.2 Å². The summed E-state index contributed by atoms with van der Waals surface area (Å²) in [7, 11) is 1.69. The van der Waals surface area contributed by atoms with Gasteiger partial charge in [0.2, 0.25) is 5.89 Å². The molecular formula is C15H23N3O2. The number of aromatic nitrogens is 2. The summed E-state index contributed by atoms with van der Waals surface area (Å²) in [6.45, 7) is 1.36. The standard InChI is InChI=1S/C15H23N3O2/c1-19-3-2-16-14-18-17-13(20-14)15-7-10-4-11(8-15)6-12(5-10)9-15/h10-12H,2-9H2,1H3,(H,16,18). The van der Waals surface area contributed by atoms with Crippen LogP contribution in [0.2, 0.25) is 0 Å². The third-order valence-corrected chi connectivity index (χ3v) is 5.50. The van der Waals surface area contributed by atoms with E-state index in [9.17, 15) is 0 Å². The van der Waals surface area contributed by atoms with E-state index < -0.39 is 0 Å². The zero-order valence-corrected chi connectivity index (χ0v) is 12.1. The SMILES string of the molecule is COCCNc1nnc(C23CC4CC(CC(C4)C2)C3)o1. The van der Waals surface area contributed by atoms with Gasteiger partial charge in [0.15, 0.2) is 0 Å². The highest BCUT2D eigenvalue weighted by Crippen LogP contribution is 2.60. The zero-order valence-electron chi connectivity index (χ0n) is 12.1. The number of hydrogen-bond donors (Lipinski definition) is 1. The fraction of sp³-hybridized carbons (Fsp3) is 0.867. The predicted molar refractivity (Wildman–Crippen MR) is 74.5 cm³/mol. The Hall–Kier alpha value is -1.10. The maximum atomic E-state index is 5.93. The van der Waals surface area contributed by atoms with Gasteiger partial charge in [-0.25, -0.2) is 0 Å². The topological polar surface area (TPSA) is 60.2 Å². The molecule has 0 saturated heterocycles. The van der Waals surface area contributed by atoms with Crippen molar-refractivity contribution in [2.75, 3.05) is 25.6 Å². The van der Waals surface area contributed by atoms with Crippen LogP contribution in [0.4, 0.5) is 6.01 Å². The Kier molecular flexibility index (Phi) is 2.98. The summed E-state index contributed by atoms with van der Waals surface area (Å²) < 4.78 is 10.9. The van der Waals surface area contributed by atoms with Gasteiger partial charge in [-0.3, -0.25) is 0 Å². The van der Waals surface area contributed by atoms with E-state index in [-0.39, 0.29) is 5.41 Å². The summed E-state index contributed by atoms with van der Waals surface area (Å²) in [4.78, 5) is 0. The Morgan fingerprint density at radius 3 is 2.40 bits per heavy atom. The van der Waals surface area contributed by atoms with Crippen molar-refractivity contribution < 1.29 is 9.15 Å². The van der Waals surface area contributed by atoms with E-state index in [1.54, 1.807) is 7.11 Å². The molecule has 20 heavy (non-hydrogen) atoms. The molecule has 0 amide bonds. The Balaban J connectivity index is 1.52. The van der Waals surface area contributed by atoms with Gasteiger partial charge in [-0.05, 0) is 56.3 Å². The fourth-order valence-corrected chi connectivity index (χ4v) is 5.14. The van der Waals surface area contributed by atoms with Crippen LogP contribution in [0.1, 0.15) is 44.4 Å². The van der Waals surface area contributed by atoms with E-state index in [0.717, 1.165) is 23.6 Å². The van der Waals surface area contributed by atoms with Gasteiger partial charge in [0.05, 0.1) is 6.61 Å². The second-order valence-corrected chi connectivity index (χ2v) is 7.03. The zero-order chi connectivity index (χ0) is 13.6. The van der Waals surface area contributed by atoms with E-state index >= 15 is 0 Å². The number of anilines is 1. The van der Waals surface area contributed by atoms with E-state index in [2.05, 4.69) is 15.5 Å². The molecule has 1 aromatic heterocycles. The lowest BCUT2D eigenvalue weighted by atomic mass is 9.49.